The van der Waals surface area contributed by atoms with Gasteiger partial charge in [0.15, 0.2) is 0 Å². The molecule has 0 atom stereocenters. The van der Waals surface area contributed by atoms with Gasteiger partial charge in [0.2, 0.25) is 0 Å². The molecular formula is C18H19NO. The molecule has 102 valence electrons. The summed E-state index contributed by atoms with van der Waals surface area (Å²) in [4.78, 5) is 13.8. The molecule has 0 aliphatic rings. The summed E-state index contributed by atoms with van der Waals surface area (Å²) < 4.78 is 0. The lowest BCUT2D eigenvalue weighted by Crippen LogP contribution is -2.22. The van der Waals surface area contributed by atoms with E-state index in [0.29, 0.717) is 0 Å². The molecule has 0 fully saturated rings. The second-order valence-electron chi connectivity index (χ2n) is 4.98. The highest BCUT2D eigenvalue weighted by Gasteiger charge is 2.13. The smallest absolute Gasteiger partial charge is 0.253 e. The molecule has 0 aliphatic heterocycles. The van der Waals surface area contributed by atoms with Crippen LogP contribution in [0.3, 0.4) is 0 Å². The van der Waals surface area contributed by atoms with E-state index in [2.05, 4.69) is 18.2 Å². The Hall–Kier alpha value is -2.35. The highest BCUT2D eigenvalue weighted by Crippen LogP contribution is 2.22. The van der Waals surface area contributed by atoms with Crippen molar-refractivity contribution in [2.75, 3.05) is 14.1 Å². The third-order valence-corrected chi connectivity index (χ3v) is 3.17. The first kappa shape index (κ1) is 14.1. The van der Waals surface area contributed by atoms with Crippen LogP contribution in [0, 0.1) is 0 Å². The second kappa shape index (κ2) is 6.20. The lowest BCUT2D eigenvalue weighted by Gasteiger charge is -2.14. The van der Waals surface area contributed by atoms with Gasteiger partial charge in [0.05, 0.1) is 0 Å². The summed E-state index contributed by atoms with van der Waals surface area (Å²) in [7, 11) is 3.55. The van der Waals surface area contributed by atoms with Crippen LogP contribution in [0.5, 0.6) is 0 Å². The van der Waals surface area contributed by atoms with Gasteiger partial charge in [-0.3, -0.25) is 4.79 Å². The lowest BCUT2D eigenvalue weighted by molar-refractivity contribution is 0.0827. The number of carbonyl (C=O) groups excluding carboxylic acids is 1. The van der Waals surface area contributed by atoms with Crippen LogP contribution < -0.4 is 0 Å². The summed E-state index contributed by atoms with van der Waals surface area (Å²) in [5, 5.41) is 0. The monoisotopic (exact) mass is 265 g/mol. The number of allylic oxidation sites excluding steroid dienone is 1. The van der Waals surface area contributed by atoms with Gasteiger partial charge >= 0.3 is 0 Å². The van der Waals surface area contributed by atoms with Crippen molar-refractivity contribution < 1.29 is 4.79 Å². The first-order valence-electron chi connectivity index (χ1n) is 6.64. The first-order valence-corrected chi connectivity index (χ1v) is 6.64. The lowest BCUT2D eigenvalue weighted by atomic mass is 9.98. The maximum Gasteiger partial charge on any atom is 0.253 e. The fourth-order valence-corrected chi connectivity index (χ4v) is 2.13. The maximum atomic E-state index is 12.2. The Labute approximate surface area is 120 Å². The molecule has 0 N–H and O–H groups in total. The third kappa shape index (κ3) is 3.15. The number of nitrogens with zero attached hydrogens (tertiary/aromatic N) is 1. The SMILES string of the molecule is C/C(=C\c1ccccc1)c1ccccc1C(=O)N(C)C. The first-order chi connectivity index (χ1) is 9.59. The van der Waals surface area contributed by atoms with E-state index in [-0.39, 0.29) is 5.91 Å². The Morgan fingerprint density at radius 3 is 2.05 bits per heavy atom. The Balaban J connectivity index is 2.43. The van der Waals surface area contributed by atoms with Gasteiger partial charge in [-0.15, -0.1) is 0 Å². The molecule has 2 aromatic carbocycles. The van der Waals surface area contributed by atoms with Crippen molar-refractivity contribution in [3.05, 3.63) is 71.3 Å². The van der Waals surface area contributed by atoms with E-state index in [0.717, 1.165) is 22.3 Å². The van der Waals surface area contributed by atoms with Crippen molar-refractivity contribution in [3.63, 3.8) is 0 Å². The predicted molar refractivity (Wildman–Crippen MR) is 84.4 cm³/mol. The zero-order valence-corrected chi connectivity index (χ0v) is 12.1. The molecule has 2 nitrogen and oxygen atoms in total. The summed E-state index contributed by atoms with van der Waals surface area (Å²) in [6.45, 7) is 2.04. The minimum atomic E-state index is 0.0291. The third-order valence-electron chi connectivity index (χ3n) is 3.17. The van der Waals surface area contributed by atoms with Gasteiger partial charge in [0.1, 0.15) is 0 Å². The minimum absolute atomic E-state index is 0.0291. The number of hydrogen-bond donors (Lipinski definition) is 0. The van der Waals surface area contributed by atoms with Gasteiger partial charge in [-0.05, 0) is 29.7 Å². The summed E-state index contributed by atoms with van der Waals surface area (Å²) >= 11 is 0. The van der Waals surface area contributed by atoms with Crippen molar-refractivity contribution in [1.29, 1.82) is 0 Å². The van der Waals surface area contributed by atoms with E-state index >= 15 is 0 Å². The van der Waals surface area contributed by atoms with Crippen LogP contribution in [-0.4, -0.2) is 24.9 Å². The van der Waals surface area contributed by atoms with E-state index in [4.69, 9.17) is 0 Å². The van der Waals surface area contributed by atoms with Gasteiger partial charge in [0.25, 0.3) is 5.91 Å². The van der Waals surface area contributed by atoms with Crippen LogP contribution >= 0.6 is 0 Å². The maximum absolute atomic E-state index is 12.2. The number of hydrogen-bond acceptors (Lipinski definition) is 1. The number of carbonyl (C=O) groups is 1. The van der Waals surface area contributed by atoms with E-state index in [1.807, 2.05) is 49.4 Å². The fourth-order valence-electron chi connectivity index (χ4n) is 2.13. The van der Waals surface area contributed by atoms with Crippen LogP contribution in [0.25, 0.3) is 11.6 Å². The molecule has 0 heterocycles. The molecule has 2 rings (SSSR count). The molecular weight excluding hydrogens is 246 g/mol. The van der Waals surface area contributed by atoms with E-state index in [1.165, 1.54) is 0 Å². The Morgan fingerprint density at radius 2 is 1.45 bits per heavy atom. The summed E-state index contributed by atoms with van der Waals surface area (Å²) in [5.41, 5.74) is 3.94. The number of rotatable bonds is 3. The van der Waals surface area contributed by atoms with Crippen LogP contribution in [0.1, 0.15) is 28.4 Å². The van der Waals surface area contributed by atoms with Gasteiger partial charge in [-0.25, -0.2) is 0 Å². The zero-order valence-electron chi connectivity index (χ0n) is 12.1. The van der Waals surface area contributed by atoms with Crippen molar-refractivity contribution in [2.45, 2.75) is 6.92 Å². The fraction of sp³-hybridized carbons (Fsp3) is 0.167. The summed E-state index contributed by atoms with van der Waals surface area (Å²) in [6.07, 6.45) is 2.10. The molecule has 20 heavy (non-hydrogen) atoms. The second-order valence-corrected chi connectivity index (χ2v) is 4.98. The molecule has 0 saturated carbocycles. The highest BCUT2D eigenvalue weighted by molar-refractivity contribution is 6.00. The molecule has 1 amide bonds. The van der Waals surface area contributed by atoms with Crippen molar-refractivity contribution in [1.82, 2.24) is 4.90 Å². The Kier molecular flexibility index (Phi) is 4.36. The molecule has 0 radical (unpaired) electrons. The van der Waals surface area contributed by atoms with Crippen LogP contribution in [0.4, 0.5) is 0 Å². The quantitative estimate of drug-likeness (QED) is 0.769. The zero-order chi connectivity index (χ0) is 14.5. The minimum Gasteiger partial charge on any atom is -0.345 e. The molecule has 0 unspecified atom stereocenters. The molecule has 0 spiro atoms. The van der Waals surface area contributed by atoms with Crippen molar-refractivity contribution >= 4 is 17.6 Å². The van der Waals surface area contributed by atoms with Crippen LogP contribution in [0.2, 0.25) is 0 Å². The Bertz CT molecular complexity index is 627. The predicted octanol–water partition coefficient (Wildman–Crippen LogP) is 3.95. The van der Waals surface area contributed by atoms with Gasteiger partial charge < -0.3 is 4.90 Å². The molecule has 0 aliphatic carbocycles. The number of benzene rings is 2. The average Bonchev–Trinajstić information content (AvgIpc) is 2.47. The van der Waals surface area contributed by atoms with Crippen LogP contribution in [-0.2, 0) is 0 Å². The normalized spacial score (nSPS) is 11.2. The highest BCUT2D eigenvalue weighted by atomic mass is 16.2. The molecule has 2 heteroatoms. The van der Waals surface area contributed by atoms with Gasteiger partial charge in [-0.2, -0.15) is 0 Å². The average molecular weight is 265 g/mol. The van der Waals surface area contributed by atoms with Gasteiger partial charge in [0, 0.05) is 19.7 Å². The van der Waals surface area contributed by atoms with Crippen molar-refractivity contribution in [2.24, 2.45) is 0 Å². The molecule has 0 saturated heterocycles. The topological polar surface area (TPSA) is 20.3 Å². The molecule has 0 bridgehead atoms. The summed E-state index contributed by atoms with van der Waals surface area (Å²) in [6, 6.07) is 17.9. The largest absolute Gasteiger partial charge is 0.345 e. The van der Waals surface area contributed by atoms with E-state index in [9.17, 15) is 4.79 Å². The Morgan fingerprint density at radius 1 is 0.900 bits per heavy atom. The summed E-state index contributed by atoms with van der Waals surface area (Å²) in [5.74, 6) is 0.0291. The molecule has 2 aromatic rings. The van der Waals surface area contributed by atoms with Crippen LogP contribution in [0.15, 0.2) is 54.6 Å². The van der Waals surface area contributed by atoms with E-state index in [1.54, 1.807) is 19.0 Å². The standard InChI is InChI=1S/C18H19NO/c1-14(13-15-9-5-4-6-10-15)16-11-7-8-12-17(16)18(20)19(2)3/h4-13H,1-3H3/b14-13+. The molecule has 0 aromatic heterocycles. The van der Waals surface area contributed by atoms with Crippen molar-refractivity contribution in [3.8, 4) is 0 Å². The number of amides is 1. The van der Waals surface area contributed by atoms with E-state index < -0.39 is 0 Å². The van der Waals surface area contributed by atoms with Gasteiger partial charge in [-0.1, -0.05) is 54.6 Å².